The number of amides is 1. The number of benzene rings is 1. The lowest BCUT2D eigenvalue weighted by molar-refractivity contribution is -0.138. The summed E-state index contributed by atoms with van der Waals surface area (Å²) in [6, 6.07) is 8.60. The Morgan fingerprint density at radius 1 is 1.19 bits per heavy atom. The summed E-state index contributed by atoms with van der Waals surface area (Å²) in [5.41, 5.74) is 1.20. The fraction of sp³-hybridized carbons (Fsp3) is 0.588. The van der Waals surface area contributed by atoms with Crippen LogP contribution >= 0.6 is 15.9 Å². The van der Waals surface area contributed by atoms with Gasteiger partial charge in [-0.1, -0.05) is 53.4 Å². The third kappa shape index (κ3) is 3.49. The number of hydrogen-bond acceptors (Lipinski definition) is 2. The van der Waals surface area contributed by atoms with Crippen LogP contribution in [0.2, 0.25) is 0 Å². The molecule has 1 atom stereocenters. The van der Waals surface area contributed by atoms with Crippen LogP contribution in [0.1, 0.15) is 37.7 Å². The van der Waals surface area contributed by atoms with Crippen LogP contribution in [-0.4, -0.2) is 36.0 Å². The van der Waals surface area contributed by atoms with E-state index in [1.54, 1.807) is 0 Å². The van der Waals surface area contributed by atoms with Crippen molar-refractivity contribution in [3.05, 3.63) is 34.3 Å². The molecule has 0 unspecified atom stereocenters. The first-order valence-corrected chi connectivity index (χ1v) is 8.82. The molecule has 2 fully saturated rings. The molecule has 1 heterocycles. The second-order valence-electron chi connectivity index (χ2n) is 6.13. The van der Waals surface area contributed by atoms with Gasteiger partial charge in [0.15, 0.2) is 0 Å². The fourth-order valence-corrected chi connectivity index (χ4v) is 4.00. The van der Waals surface area contributed by atoms with E-state index in [-0.39, 0.29) is 6.04 Å². The van der Waals surface area contributed by atoms with Crippen LogP contribution in [0.5, 0.6) is 0 Å². The Kier molecular flexibility index (Phi) is 4.96. The van der Waals surface area contributed by atoms with Gasteiger partial charge in [0.2, 0.25) is 5.91 Å². The third-order valence-electron chi connectivity index (χ3n) is 4.72. The molecule has 1 aliphatic carbocycles. The SMILES string of the molecule is O=C1[C@@H](Cc2ccccc2Br)NCCN1C1CCCCC1. The highest BCUT2D eigenvalue weighted by Gasteiger charge is 2.33. The molecule has 0 radical (unpaired) electrons. The first-order valence-electron chi connectivity index (χ1n) is 8.03. The Labute approximate surface area is 135 Å². The zero-order chi connectivity index (χ0) is 14.7. The molecule has 1 aliphatic heterocycles. The first-order chi connectivity index (χ1) is 10.3. The van der Waals surface area contributed by atoms with Gasteiger partial charge in [0, 0.05) is 23.6 Å². The molecule has 1 saturated heterocycles. The topological polar surface area (TPSA) is 32.3 Å². The Morgan fingerprint density at radius 2 is 1.95 bits per heavy atom. The van der Waals surface area contributed by atoms with Crippen LogP contribution in [-0.2, 0) is 11.2 Å². The van der Waals surface area contributed by atoms with Gasteiger partial charge in [-0.05, 0) is 30.9 Å². The lowest BCUT2D eigenvalue weighted by Crippen LogP contribution is -2.59. The van der Waals surface area contributed by atoms with Crippen LogP contribution < -0.4 is 5.32 Å². The number of hydrogen-bond donors (Lipinski definition) is 1. The number of carbonyl (C=O) groups excluding carboxylic acids is 1. The molecule has 0 spiro atoms. The summed E-state index contributed by atoms with van der Waals surface area (Å²) in [5.74, 6) is 0.295. The van der Waals surface area contributed by atoms with Gasteiger partial charge in [-0.3, -0.25) is 4.79 Å². The average Bonchev–Trinajstić information content (AvgIpc) is 2.52. The monoisotopic (exact) mass is 350 g/mol. The summed E-state index contributed by atoms with van der Waals surface area (Å²) in [7, 11) is 0. The van der Waals surface area contributed by atoms with Crippen molar-refractivity contribution in [1.82, 2.24) is 10.2 Å². The van der Waals surface area contributed by atoms with Crippen molar-refractivity contribution in [2.24, 2.45) is 0 Å². The molecule has 1 N–H and O–H groups in total. The van der Waals surface area contributed by atoms with Crippen molar-refractivity contribution in [2.45, 2.75) is 50.6 Å². The highest BCUT2D eigenvalue weighted by Crippen LogP contribution is 2.25. The predicted octanol–water partition coefficient (Wildman–Crippen LogP) is 3.12. The van der Waals surface area contributed by atoms with E-state index in [0.29, 0.717) is 11.9 Å². The van der Waals surface area contributed by atoms with E-state index in [9.17, 15) is 4.79 Å². The second-order valence-corrected chi connectivity index (χ2v) is 6.98. The van der Waals surface area contributed by atoms with Crippen LogP contribution in [0.25, 0.3) is 0 Å². The lowest BCUT2D eigenvalue weighted by atomic mass is 9.92. The van der Waals surface area contributed by atoms with Gasteiger partial charge >= 0.3 is 0 Å². The van der Waals surface area contributed by atoms with Crippen molar-refractivity contribution >= 4 is 21.8 Å². The summed E-state index contributed by atoms with van der Waals surface area (Å²) in [5, 5.41) is 3.40. The first kappa shape index (κ1) is 15.0. The highest BCUT2D eigenvalue weighted by atomic mass is 79.9. The van der Waals surface area contributed by atoms with E-state index in [1.807, 2.05) is 18.2 Å². The largest absolute Gasteiger partial charge is 0.337 e. The molecule has 2 aliphatic rings. The number of nitrogens with one attached hydrogen (secondary N) is 1. The smallest absolute Gasteiger partial charge is 0.240 e. The maximum Gasteiger partial charge on any atom is 0.240 e. The van der Waals surface area contributed by atoms with Gasteiger partial charge in [-0.2, -0.15) is 0 Å². The summed E-state index contributed by atoms with van der Waals surface area (Å²) >= 11 is 3.58. The van der Waals surface area contributed by atoms with Crippen LogP contribution in [0.3, 0.4) is 0 Å². The van der Waals surface area contributed by atoms with Crippen molar-refractivity contribution in [1.29, 1.82) is 0 Å². The average molecular weight is 351 g/mol. The molecule has 3 rings (SSSR count). The summed E-state index contributed by atoms with van der Waals surface area (Å²) < 4.78 is 1.09. The van der Waals surface area contributed by atoms with Gasteiger partial charge < -0.3 is 10.2 Å². The molecule has 0 aromatic heterocycles. The Morgan fingerprint density at radius 3 is 2.71 bits per heavy atom. The summed E-state index contributed by atoms with van der Waals surface area (Å²) in [6.07, 6.45) is 7.02. The van der Waals surface area contributed by atoms with Gasteiger partial charge in [0.05, 0.1) is 6.04 Å². The van der Waals surface area contributed by atoms with Gasteiger partial charge in [0.25, 0.3) is 0 Å². The molecule has 21 heavy (non-hydrogen) atoms. The van der Waals surface area contributed by atoms with E-state index in [4.69, 9.17) is 0 Å². The molecule has 1 amide bonds. The molecule has 1 saturated carbocycles. The minimum absolute atomic E-state index is 0.0700. The summed E-state index contributed by atoms with van der Waals surface area (Å²) in [6.45, 7) is 1.79. The molecule has 1 aromatic carbocycles. The number of piperazine rings is 1. The van der Waals surface area contributed by atoms with Crippen LogP contribution in [0, 0.1) is 0 Å². The molecule has 3 nitrogen and oxygen atoms in total. The molecule has 0 bridgehead atoms. The van der Waals surface area contributed by atoms with E-state index in [0.717, 1.165) is 24.0 Å². The molecule has 4 heteroatoms. The number of nitrogens with zero attached hydrogens (tertiary/aromatic N) is 1. The van der Waals surface area contributed by atoms with E-state index in [2.05, 4.69) is 32.2 Å². The summed E-state index contributed by atoms with van der Waals surface area (Å²) in [4.78, 5) is 14.9. The minimum atomic E-state index is -0.0700. The van der Waals surface area contributed by atoms with Crippen LogP contribution in [0.15, 0.2) is 28.7 Å². The fourth-order valence-electron chi connectivity index (χ4n) is 3.56. The van der Waals surface area contributed by atoms with Gasteiger partial charge in [-0.25, -0.2) is 0 Å². The lowest BCUT2D eigenvalue weighted by Gasteiger charge is -2.40. The number of carbonyl (C=O) groups is 1. The van der Waals surface area contributed by atoms with Gasteiger partial charge in [0.1, 0.15) is 0 Å². The Hall–Kier alpha value is -0.870. The molecule has 114 valence electrons. The van der Waals surface area contributed by atoms with Crippen molar-refractivity contribution in [3.63, 3.8) is 0 Å². The zero-order valence-electron chi connectivity index (χ0n) is 12.4. The zero-order valence-corrected chi connectivity index (χ0v) is 13.9. The van der Waals surface area contributed by atoms with Crippen molar-refractivity contribution in [2.75, 3.05) is 13.1 Å². The quantitative estimate of drug-likeness (QED) is 0.908. The minimum Gasteiger partial charge on any atom is -0.337 e. The maximum absolute atomic E-state index is 12.8. The molecular weight excluding hydrogens is 328 g/mol. The van der Waals surface area contributed by atoms with E-state index in [1.165, 1.54) is 37.7 Å². The Bertz CT molecular complexity index is 499. The van der Waals surface area contributed by atoms with E-state index < -0.39 is 0 Å². The standard InChI is InChI=1S/C17H23BrN2O/c18-15-9-5-4-6-13(15)12-16-17(21)20(11-10-19-16)14-7-2-1-3-8-14/h4-6,9,14,16,19H,1-3,7-8,10-12H2/t16-/m1/s1. The predicted molar refractivity (Wildman–Crippen MR) is 88.2 cm³/mol. The molecular formula is C17H23BrN2O. The van der Waals surface area contributed by atoms with Crippen LogP contribution in [0.4, 0.5) is 0 Å². The van der Waals surface area contributed by atoms with Crippen molar-refractivity contribution < 1.29 is 4.79 Å². The van der Waals surface area contributed by atoms with E-state index >= 15 is 0 Å². The Balaban J connectivity index is 1.68. The number of halogens is 1. The molecule has 1 aromatic rings. The second kappa shape index (κ2) is 6.93. The van der Waals surface area contributed by atoms with Gasteiger partial charge in [-0.15, -0.1) is 0 Å². The van der Waals surface area contributed by atoms with Crippen molar-refractivity contribution in [3.8, 4) is 0 Å². The number of rotatable bonds is 3. The highest BCUT2D eigenvalue weighted by molar-refractivity contribution is 9.10. The maximum atomic E-state index is 12.8. The normalized spacial score (nSPS) is 24.3. The third-order valence-corrected chi connectivity index (χ3v) is 5.50.